The molecule has 0 radical (unpaired) electrons. The van der Waals surface area contributed by atoms with Gasteiger partial charge in [-0.3, -0.25) is 0 Å². The highest BCUT2D eigenvalue weighted by molar-refractivity contribution is 6.62. The monoisotopic (exact) mass is 343 g/mol. The first-order chi connectivity index (χ1) is 11.5. The van der Waals surface area contributed by atoms with E-state index in [-0.39, 0.29) is 23.7 Å². The zero-order valence-electron chi connectivity index (χ0n) is 17.1. The average molecular weight is 343 g/mol. The number of piperidine rings is 1. The van der Waals surface area contributed by atoms with Crippen molar-refractivity contribution in [1.29, 1.82) is 0 Å². The summed E-state index contributed by atoms with van der Waals surface area (Å²) >= 11 is 0. The van der Waals surface area contributed by atoms with Crippen LogP contribution >= 0.6 is 0 Å². The predicted octanol–water partition coefficient (Wildman–Crippen LogP) is 4.39. The molecule has 25 heavy (non-hydrogen) atoms. The van der Waals surface area contributed by atoms with Crippen molar-refractivity contribution in [2.45, 2.75) is 85.0 Å². The van der Waals surface area contributed by atoms with Crippen LogP contribution in [0.1, 0.15) is 67.7 Å². The molecule has 1 atom stereocenters. The van der Waals surface area contributed by atoms with Crippen LogP contribution in [-0.2, 0) is 9.31 Å². The Bertz CT molecular complexity index is 605. The molecule has 0 aromatic heterocycles. The molecule has 4 heteroatoms. The van der Waals surface area contributed by atoms with Crippen molar-refractivity contribution in [2.75, 3.05) is 11.4 Å². The van der Waals surface area contributed by atoms with Gasteiger partial charge in [0.15, 0.2) is 0 Å². The Kier molecular flexibility index (Phi) is 4.74. The lowest BCUT2D eigenvalue weighted by molar-refractivity contribution is 0.00578. The molecule has 1 aromatic carbocycles. The van der Waals surface area contributed by atoms with E-state index in [1.54, 1.807) is 0 Å². The van der Waals surface area contributed by atoms with Gasteiger partial charge in [-0.2, -0.15) is 0 Å². The second kappa shape index (κ2) is 6.31. The molecule has 3 nitrogen and oxygen atoms in total. The number of hydrogen-bond donors (Lipinski definition) is 0. The standard InChI is InChI=1S/C21H34BNO2/c1-19(2,3)18-13-8-9-14-23(18)17-12-10-11-16(15-17)22-24-20(4,5)21(6,7)25-22/h10-12,15,18H,8-9,13-14H2,1-7H3/t18-/m0/s1. The van der Waals surface area contributed by atoms with Gasteiger partial charge in [-0.15, -0.1) is 0 Å². The van der Waals surface area contributed by atoms with Crippen LogP contribution < -0.4 is 10.4 Å². The molecule has 0 bridgehead atoms. The van der Waals surface area contributed by atoms with E-state index in [9.17, 15) is 0 Å². The minimum Gasteiger partial charge on any atom is -0.399 e. The number of rotatable bonds is 2. The molecule has 0 N–H and O–H groups in total. The SMILES string of the molecule is CC(C)(C)[C@@H]1CCCCN1c1cccc(B2OC(C)(C)C(C)(C)O2)c1. The molecule has 2 fully saturated rings. The second-order valence-electron chi connectivity index (χ2n) is 9.75. The minimum atomic E-state index is -0.299. The van der Waals surface area contributed by atoms with Crippen molar-refractivity contribution in [2.24, 2.45) is 5.41 Å². The Morgan fingerprint density at radius 1 is 1.04 bits per heavy atom. The molecule has 138 valence electrons. The summed E-state index contributed by atoms with van der Waals surface area (Å²) in [6.45, 7) is 16.6. The molecule has 0 spiro atoms. The fourth-order valence-corrected chi connectivity index (χ4v) is 3.97. The van der Waals surface area contributed by atoms with E-state index in [4.69, 9.17) is 9.31 Å². The molecular weight excluding hydrogens is 309 g/mol. The van der Waals surface area contributed by atoms with Crippen LogP contribution in [0.3, 0.4) is 0 Å². The lowest BCUT2D eigenvalue weighted by Crippen LogP contribution is -2.47. The normalized spacial score (nSPS) is 26.1. The largest absolute Gasteiger partial charge is 0.494 e. The van der Waals surface area contributed by atoms with Gasteiger partial charge >= 0.3 is 7.12 Å². The number of nitrogens with zero attached hydrogens (tertiary/aromatic N) is 1. The summed E-state index contributed by atoms with van der Waals surface area (Å²) in [5.74, 6) is 0. The van der Waals surface area contributed by atoms with E-state index in [1.807, 2.05) is 0 Å². The fourth-order valence-electron chi connectivity index (χ4n) is 3.97. The van der Waals surface area contributed by atoms with Crippen molar-refractivity contribution in [3.63, 3.8) is 0 Å². The number of hydrogen-bond acceptors (Lipinski definition) is 3. The van der Waals surface area contributed by atoms with E-state index >= 15 is 0 Å². The van der Waals surface area contributed by atoms with Crippen LogP contribution in [0.15, 0.2) is 24.3 Å². The van der Waals surface area contributed by atoms with E-state index < -0.39 is 0 Å². The van der Waals surface area contributed by atoms with Gasteiger partial charge in [0.2, 0.25) is 0 Å². The van der Waals surface area contributed by atoms with E-state index in [0.717, 1.165) is 12.0 Å². The summed E-state index contributed by atoms with van der Waals surface area (Å²) < 4.78 is 12.5. The molecule has 2 heterocycles. The van der Waals surface area contributed by atoms with Crippen molar-refractivity contribution in [3.8, 4) is 0 Å². The molecule has 1 aromatic rings. The minimum absolute atomic E-state index is 0.279. The highest BCUT2D eigenvalue weighted by Crippen LogP contribution is 2.38. The van der Waals surface area contributed by atoms with Gasteiger partial charge in [0.05, 0.1) is 11.2 Å². The summed E-state index contributed by atoms with van der Waals surface area (Å²) in [6, 6.07) is 9.35. The van der Waals surface area contributed by atoms with E-state index in [2.05, 4.69) is 77.6 Å². The zero-order chi connectivity index (χ0) is 18.5. The van der Waals surface area contributed by atoms with Gasteiger partial charge in [0, 0.05) is 18.3 Å². The molecule has 3 rings (SSSR count). The van der Waals surface area contributed by atoms with Crippen LogP contribution in [0.5, 0.6) is 0 Å². The van der Waals surface area contributed by atoms with Crippen LogP contribution in [0.25, 0.3) is 0 Å². The summed E-state index contributed by atoms with van der Waals surface area (Å²) in [6.07, 6.45) is 3.87. The second-order valence-corrected chi connectivity index (χ2v) is 9.75. The average Bonchev–Trinajstić information content (AvgIpc) is 2.75. The van der Waals surface area contributed by atoms with Gasteiger partial charge in [-0.1, -0.05) is 32.9 Å². The first-order valence-electron chi connectivity index (χ1n) is 9.73. The maximum absolute atomic E-state index is 6.25. The number of anilines is 1. The van der Waals surface area contributed by atoms with Gasteiger partial charge < -0.3 is 14.2 Å². The molecule has 2 aliphatic rings. The zero-order valence-corrected chi connectivity index (χ0v) is 17.1. The Hall–Kier alpha value is -0.995. The summed E-state index contributed by atoms with van der Waals surface area (Å²) in [5.41, 5.74) is 2.10. The van der Waals surface area contributed by atoms with E-state index in [0.29, 0.717) is 6.04 Å². The number of benzene rings is 1. The fraction of sp³-hybridized carbons (Fsp3) is 0.714. The van der Waals surface area contributed by atoms with Gasteiger partial charge in [0.1, 0.15) is 0 Å². The summed E-state index contributed by atoms with van der Waals surface area (Å²) in [7, 11) is -0.289. The lowest BCUT2D eigenvalue weighted by Gasteiger charge is -2.45. The maximum Gasteiger partial charge on any atom is 0.494 e. The summed E-state index contributed by atoms with van der Waals surface area (Å²) in [4.78, 5) is 2.60. The third kappa shape index (κ3) is 3.61. The first kappa shape index (κ1) is 18.8. The van der Waals surface area contributed by atoms with Gasteiger partial charge in [-0.05, 0) is 70.0 Å². The molecular formula is C21H34BNO2. The highest BCUT2D eigenvalue weighted by Gasteiger charge is 2.51. The Labute approximate surface area is 154 Å². The molecule has 0 aliphatic carbocycles. The lowest BCUT2D eigenvalue weighted by atomic mass is 9.77. The molecule has 2 saturated heterocycles. The smallest absolute Gasteiger partial charge is 0.399 e. The van der Waals surface area contributed by atoms with Crippen LogP contribution in [0, 0.1) is 5.41 Å². The highest BCUT2D eigenvalue weighted by atomic mass is 16.7. The Morgan fingerprint density at radius 2 is 1.68 bits per heavy atom. The quantitative estimate of drug-likeness (QED) is 0.744. The predicted molar refractivity (Wildman–Crippen MR) is 107 cm³/mol. The van der Waals surface area contributed by atoms with Crippen molar-refractivity contribution in [1.82, 2.24) is 0 Å². The third-order valence-corrected chi connectivity index (χ3v) is 6.23. The van der Waals surface area contributed by atoms with Crippen LogP contribution in [0.2, 0.25) is 0 Å². The maximum atomic E-state index is 6.25. The van der Waals surface area contributed by atoms with Gasteiger partial charge in [0.25, 0.3) is 0 Å². The molecule has 0 amide bonds. The first-order valence-corrected chi connectivity index (χ1v) is 9.73. The Balaban J connectivity index is 1.87. The Morgan fingerprint density at radius 3 is 2.28 bits per heavy atom. The molecule has 0 saturated carbocycles. The molecule has 2 aliphatic heterocycles. The van der Waals surface area contributed by atoms with Crippen molar-refractivity contribution in [3.05, 3.63) is 24.3 Å². The topological polar surface area (TPSA) is 21.7 Å². The van der Waals surface area contributed by atoms with Crippen molar-refractivity contribution < 1.29 is 9.31 Å². The van der Waals surface area contributed by atoms with E-state index in [1.165, 1.54) is 24.9 Å². The summed E-state index contributed by atoms with van der Waals surface area (Å²) in [5, 5.41) is 0. The van der Waals surface area contributed by atoms with Gasteiger partial charge in [-0.25, -0.2) is 0 Å². The molecule has 0 unspecified atom stereocenters. The van der Waals surface area contributed by atoms with Crippen molar-refractivity contribution >= 4 is 18.3 Å². The van der Waals surface area contributed by atoms with Crippen LogP contribution in [0.4, 0.5) is 5.69 Å². The third-order valence-electron chi connectivity index (χ3n) is 6.23. The van der Waals surface area contributed by atoms with Crippen LogP contribution in [-0.4, -0.2) is 30.9 Å².